The predicted molar refractivity (Wildman–Crippen MR) is 79.7 cm³/mol. The molecule has 0 spiro atoms. The second-order valence-electron chi connectivity index (χ2n) is 5.40. The van der Waals surface area contributed by atoms with Crippen LogP contribution in [0.5, 0.6) is 5.75 Å². The summed E-state index contributed by atoms with van der Waals surface area (Å²) in [6, 6.07) is 3.22. The number of amides is 2. The lowest BCUT2D eigenvalue weighted by atomic mass is 9.97. The fourth-order valence-corrected chi connectivity index (χ4v) is 2.79. The van der Waals surface area contributed by atoms with Gasteiger partial charge in [-0.1, -0.05) is 18.5 Å². The van der Waals surface area contributed by atoms with Crippen LogP contribution in [0, 0.1) is 11.8 Å². The van der Waals surface area contributed by atoms with Gasteiger partial charge in [-0.2, -0.15) is 0 Å². The molecule has 2 amide bonds. The monoisotopic (exact) mass is 309 g/mol. The van der Waals surface area contributed by atoms with Crippen LogP contribution >= 0.6 is 11.6 Å². The molecule has 21 heavy (non-hydrogen) atoms. The van der Waals surface area contributed by atoms with E-state index in [1.807, 2.05) is 6.92 Å². The predicted octanol–water partition coefficient (Wildman–Crippen LogP) is 1.46. The second-order valence-corrected chi connectivity index (χ2v) is 5.80. The van der Waals surface area contributed by atoms with Gasteiger partial charge in [0.2, 0.25) is 5.91 Å². The molecule has 0 radical (unpaired) electrons. The number of carbonyl (C=O) groups excluding carboxylic acids is 2. The molecule has 7 heteroatoms. The highest BCUT2D eigenvalue weighted by Gasteiger charge is 2.30. The third kappa shape index (κ3) is 2.82. The third-order valence-corrected chi connectivity index (χ3v) is 4.13. The van der Waals surface area contributed by atoms with Crippen LogP contribution in [0.25, 0.3) is 0 Å². The fraction of sp³-hybridized carbons (Fsp3) is 0.429. The third-order valence-electron chi connectivity index (χ3n) is 3.81. The van der Waals surface area contributed by atoms with Crippen molar-refractivity contribution in [3.8, 4) is 5.75 Å². The molecule has 2 atom stereocenters. The van der Waals surface area contributed by atoms with Gasteiger partial charge in [-0.25, -0.2) is 0 Å². The van der Waals surface area contributed by atoms with Crippen LogP contribution in [-0.2, 0) is 9.59 Å². The Labute approximate surface area is 127 Å². The molecule has 2 heterocycles. The number of anilines is 2. The smallest absolute Gasteiger partial charge is 0.262 e. The molecule has 1 aromatic rings. The van der Waals surface area contributed by atoms with Gasteiger partial charge < -0.3 is 20.7 Å². The molecule has 0 bridgehead atoms. The van der Waals surface area contributed by atoms with Crippen LogP contribution in [0.15, 0.2) is 12.1 Å². The van der Waals surface area contributed by atoms with Gasteiger partial charge in [-0.05, 0) is 18.5 Å². The minimum atomic E-state index is -0.221. The first kappa shape index (κ1) is 14.2. The summed E-state index contributed by atoms with van der Waals surface area (Å²) in [4.78, 5) is 23.5. The summed E-state index contributed by atoms with van der Waals surface area (Å²) in [6.07, 6.45) is 0. The Kier molecular flexibility index (Phi) is 3.73. The zero-order valence-corrected chi connectivity index (χ0v) is 12.3. The number of ether oxygens (including phenoxy) is 1. The van der Waals surface area contributed by atoms with E-state index in [9.17, 15) is 9.59 Å². The first-order valence-corrected chi connectivity index (χ1v) is 7.20. The van der Waals surface area contributed by atoms with Gasteiger partial charge in [-0.15, -0.1) is 0 Å². The standard InChI is InChI=1S/C14H16ClN3O3/c1-7-4-16-5-8(7)14(20)18-10-3-12-11(2-9(10)15)17-13(19)6-21-12/h2-3,7-8,16H,4-6H2,1H3,(H,17,19)(H,18,20)/t7-,8-/m1/s1. The van der Waals surface area contributed by atoms with Crippen LogP contribution in [0.3, 0.4) is 0 Å². The van der Waals surface area contributed by atoms with Gasteiger partial charge in [0.25, 0.3) is 5.91 Å². The van der Waals surface area contributed by atoms with E-state index in [4.69, 9.17) is 16.3 Å². The van der Waals surface area contributed by atoms with Crippen molar-refractivity contribution in [3.63, 3.8) is 0 Å². The number of nitrogens with one attached hydrogen (secondary N) is 3. The number of halogens is 1. The van der Waals surface area contributed by atoms with E-state index in [-0.39, 0.29) is 30.3 Å². The average molecular weight is 310 g/mol. The Morgan fingerprint density at radius 1 is 1.43 bits per heavy atom. The van der Waals surface area contributed by atoms with Gasteiger partial charge in [-0.3, -0.25) is 9.59 Å². The van der Waals surface area contributed by atoms with Crippen molar-refractivity contribution in [2.75, 3.05) is 30.3 Å². The van der Waals surface area contributed by atoms with Crippen LogP contribution in [0.2, 0.25) is 5.02 Å². The Hall–Kier alpha value is -1.79. The summed E-state index contributed by atoms with van der Waals surface area (Å²) < 4.78 is 5.33. The zero-order valence-electron chi connectivity index (χ0n) is 11.5. The first-order valence-electron chi connectivity index (χ1n) is 6.82. The molecule has 0 aliphatic carbocycles. The lowest BCUT2D eigenvalue weighted by Gasteiger charge is -2.20. The fourth-order valence-electron chi connectivity index (χ4n) is 2.58. The number of hydrogen-bond donors (Lipinski definition) is 3. The lowest BCUT2D eigenvalue weighted by Crippen LogP contribution is -2.28. The van der Waals surface area contributed by atoms with E-state index in [1.54, 1.807) is 12.1 Å². The first-order chi connectivity index (χ1) is 10.0. The molecule has 2 aliphatic heterocycles. The highest BCUT2D eigenvalue weighted by molar-refractivity contribution is 6.34. The SMILES string of the molecule is C[C@@H]1CNC[C@H]1C(=O)Nc1cc2c(cc1Cl)NC(=O)CO2. The summed E-state index contributed by atoms with van der Waals surface area (Å²) in [5, 5.41) is 9.07. The van der Waals surface area contributed by atoms with E-state index < -0.39 is 0 Å². The van der Waals surface area contributed by atoms with E-state index in [2.05, 4.69) is 16.0 Å². The zero-order chi connectivity index (χ0) is 15.0. The van der Waals surface area contributed by atoms with Crippen LogP contribution < -0.4 is 20.7 Å². The lowest BCUT2D eigenvalue weighted by molar-refractivity contribution is -0.120. The second kappa shape index (κ2) is 5.54. The van der Waals surface area contributed by atoms with Crippen molar-refractivity contribution < 1.29 is 14.3 Å². The molecular weight excluding hydrogens is 294 g/mol. The van der Waals surface area contributed by atoms with E-state index in [1.165, 1.54) is 0 Å². The molecule has 1 saturated heterocycles. The molecule has 0 aromatic heterocycles. The highest BCUT2D eigenvalue weighted by atomic mass is 35.5. The van der Waals surface area contributed by atoms with E-state index in [0.29, 0.717) is 28.7 Å². The van der Waals surface area contributed by atoms with Gasteiger partial charge in [0.15, 0.2) is 6.61 Å². The van der Waals surface area contributed by atoms with Crippen molar-refractivity contribution in [2.24, 2.45) is 11.8 Å². The molecule has 6 nitrogen and oxygen atoms in total. The Morgan fingerprint density at radius 2 is 2.24 bits per heavy atom. The largest absolute Gasteiger partial charge is 0.482 e. The number of carbonyl (C=O) groups is 2. The number of hydrogen-bond acceptors (Lipinski definition) is 4. The molecule has 3 rings (SSSR count). The summed E-state index contributed by atoms with van der Waals surface area (Å²) in [5.74, 6) is 0.442. The summed E-state index contributed by atoms with van der Waals surface area (Å²) in [6.45, 7) is 3.51. The molecule has 1 aromatic carbocycles. The van der Waals surface area contributed by atoms with Gasteiger partial charge >= 0.3 is 0 Å². The Bertz CT molecular complexity index is 605. The van der Waals surface area contributed by atoms with Crippen molar-refractivity contribution in [1.82, 2.24) is 5.32 Å². The van der Waals surface area contributed by atoms with Crippen molar-refractivity contribution >= 4 is 34.8 Å². The van der Waals surface area contributed by atoms with Crippen molar-refractivity contribution in [1.29, 1.82) is 0 Å². The molecular formula is C14H16ClN3O3. The van der Waals surface area contributed by atoms with Gasteiger partial charge in [0.1, 0.15) is 5.75 Å². The quantitative estimate of drug-likeness (QED) is 0.773. The number of rotatable bonds is 2. The van der Waals surface area contributed by atoms with Crippen molar-refractivity contribution in [2.45, 2.75) is 6.92 Å². The molecule has 0 saturated carbocycles. The van der Waals surface area contributed by atoms with Crippen LogP contribution in [-0.4, -0.2) is 31.5 Å². The van der Waals surface area contributed by atoms with E-state index >= 15 is 0 Å². The number of benzene rings is 1. The van der Waals surface area contributed by atoms with Gasteiger partial charge in [0, 0.05) is 12.6 Å². The molecule has 112 valence electrons. The van der Waals surface area contributed by atoms with Crippen LogP contribution in [0.1, 0.15) is 6.92 Å². The maximum absolute atomic E-state index is 12.3. The van der Waals surface area contributed by atoms with Crippen LogP contribution in [0.4, 0.5) is 11.4 Å². The molecule has 1 fully saturated rings. The Balaban J connectivity index is 1.79. The maximum atomic E-state index is 12.3. The number of fused-ring (bicyclic) bond motifs is 1. The molecule has 3 N–H and O–H groups in total. The normalized spacial score (nSPS) is 24.0. The average Bonchev–Trinajstić information content (AvgIpc) is 2.86. The molecule has 2 aliphatic rings. The minimum Gasteiger partial charge on any atom is -0.482 e. The molecule has 0 unspecified atom stereocenters. The highest BCUT2D eigenvalue weighted by Crippen LogP contribution is 2.36. The topological polar surface area (TPSA) is 79.5 Å². The van der Waals surface area contributed by atoms with Gasteiger partial charge in [0.05, 0.1) is 22.3 Å². The minimum absolute atomic E-state index is 0.0361. The van der Waals surface area contributed by atoms with Crippen molar-refractivity contribution in [3.05, 3.63) is 17.2 Å². The summed E-state index contributed by atoms with van der Waals surface area (Å²) in [7, 11) is 0. The summed E-state index contributed by atoms with van der Waals surface area (Å²) >= 11 is 6.16. The Morgan fingerprint density at radius 3 is 2.95 bits per heavy atom. The summed E-state index contributed by atoms with van der Waals surface area (Å²) in [5.41, 5.74) is 1.01. The van der Waals surface area contributed by atoms with E-state index in [0.717, 1.165) is 6.54 Å². The maximum Gasteiger partial charge on any atom is 0.262 e.